The Labute approximate surface area is 117 Å². The average molecular weight is 302 g/mol. The number of nitrogens with zero attached hydrogens (tertiary/aromatic N) is 1. The van der Waals surface area contributed by atoms with E-state index in [2.05, 4.69) is 4.72 Å². The number of hydrogen-bond donors (Lipinski definition) is 3. The molecule has 1 aromatic heterocycles. The summed E-state index contributed by atoms with van der Waals surface area (Å²) in [4.78, 5) is 10.8. The van der Waals surface area contributed by atoms with Gasteiger partial charge in [0.1, 0.15) is 10.6 Å². The van der Waals surface area contributed by atoms with E-state index in [9.17, 15) is 18.3 Å². The summed E-state index contributed by atoms with van der Waals surface area (Å²) in [6.45, 7) is 0.167. The molecule has 3 N–H and O–H groups in total. The molecule has 7 nitrogen and oxygen atoms in total. The first-order valence-electron chi connectivity index (χ1n) is 6.38. The number of sulfonamides is 1. The van der Waals surface area contributed by atoms with Gasteiger partial charge < -0.3 is 14.8 Å². The maximum atomic E-state index is 12.1. The van der Waals surface area contributed by atoms with Crippen LogP contribution in [0.1, 0.15) is 29.8 Å². The molecule has 8 heteroatoms. The maximum Gasteiger partial charge on any atom is 0.352 e. The van der Waals surface area contributed by atoms with Crippen LogP contribution in [-0.2, 0) is 17.1 Å². The van der Waals surface area contributed by atoms with Crippen molar-refractivity contribution >= 4 is 16.0 Å². The normalized spacial score (nSPS) is 23.1. The largest absolute Gasteiger partial charge is 0.477 e. The van der Waals surface area contributed by atoms with Crippen molar-refractivity contribution in [1.82, 2.24) is 9.29 Å². The summed E-state index contributed by atoms with van der Waals surface area (Å²) in [7, 11) is -2.28. The molecule has 0 saturated heterocycles. The Kier molecular flexibility index (Phi) is 4.17. The zero-order chi connectivity index (χ0) is 14.9. The van der Waals surface area contributed by atoms with Gasteiger partial charge in [0.15, 0.2) is 0 Å². The molecule has 0 aromatic carbocycles. The molecule has 1 aromatic rings. The summed E-state index contributed by atoms with van der Waals surface area (Å²) in [5.74, 6) is -1.26. The van der Waals surface area contributed by atoms with E-state index in [0.29, 0.717) is 6.42 Å². The molecule has 2 rings (SSSR count). The van der Waals surface area contributed by atoms with E-state index < -0.39 is 22.1 Å². The van der Waals surface area contributed by atoms with Crippen LogP contribution in [0.3, 0.4) is 0 Å². The van der Waals surface area contributed by atoms with Gasteiger partial charge in [0.25, 0.3) is 0 Å². The predicted molar refractivity (Wildman–Crippen MR) is 70.9 cm³/mol. The van der Waals surface area contributed by atoms with E-state index in [1.54, 1.807) is 0 Å². The number of carboxylic acids is 1. The molecule has 0 amide bonds. The number of rotatable bonds is 5. The number of aromatic nitrogens is 1. The highest BCUT2D eigenvalue weighted by atomic mass is 32.2. The summed E-state index contributed by atoms with van der Waals surface area (Å²) in [6.07, 6.45) is 3.17. The maximum absolute atomic E-state index is 12.1. The fourth-order valence-electron chi connectivity index (χ4n) is 2.45. The lowest BCUT2D eigenvalue weighted by Gasteiger charge is -2.14. The van der Waals surface area contributed by atoms with E-state index in [1.807, 2.05) is 0 Å². The Morgan fingerprint density at radius 1 is 1.50 bits per heavy atom. The van der Waals surface area contributed by atoms with Gasteiger partial charge in [-0.05, 0) is 24.8 Å². The zero-order valence-electron chi connectivity index (χ0n) is 11.1. The summed E-state index contributed by atoms with van der Waals surface area (Å²) in [5, 5.41) is 18.6. The second kappa shape index (κ2) is 5.55. The fourth-order valence-corrected chi connectivity index (χ4v) is 3.61. The third-order valence-electron chi connectivity index (χ3n) is 3.66. The van der Waals surface area contributed by atoms with Gasteiger partial charge in [-0.15, -0.1) is 0 Å². The molecule has 0 bridgehead atoms. The second-order valence-electron chi connectivity index (χ2n) is 5.09. The average Bonchev–Trinajstić information content (AvgIpc) is 2.93. The Morgan fingerprint density at radius 3 is 2.70 bits per heavy atom. The van der Waals surface area contributed by atoms with E-state index in [-0.39, 0.29) is 23.1 Å². The van der Waals surface area contributed by atoms with Crippen LogP contribution >= 0.6 is 0 Å². The van der Waals surface area contributed by atoms with Crippen LogP contribution in [-0.4, -0.2) is 41.8 Å². The first-order chi connectivity index (χ1) is 9.31. The third kappa shape index (κ3) is 3.02. The number of nitrogens with one attached hydrogen (secondary N) is 1. The number of aryl methyl sites for hydroxylation is 1. The van der Waals surface area contributed by atoms with Gasteiger partial charge in [0.2, 0.25) is 10.0 Å². The number of hydrogen-bond acceptors (Lipinski definition) is 4. The lowest BCUT2D eigenvalue weighted by atomic mass is 10.1. The Bertz CT molecular complexity index is 607. The molecule has 0 spiro atoms. The van der Waals surface area contributed by atoms with E-state index >= 15 is 0 Å². The van der Waals surface area contributed by atoms with Crippen LogP contribution in [0.5, 0.6) is 0 Å². The van der Waals surface area contributed by atoms with Gasteiger partial charge in [-0.3, -0.25) is 0 Å². The molecule has 1 heterocycles. The smallest absolute Gasteiger partial charge is 0.352 e. The van der Waals surface area contributed by atoms with E-state index in [1.165, 1.54) is 17.8 Å². The van der Waals surface area contributed by atoms with Crippen molar-refractivity contribution in [2.24, 2.45) is 13.0 Å². The van der Waals surface area contributed by atoms with Crippen LogP contribution in [0.2, 0.25) is 0 Å². The van der Waals surface area contributed by atoms with Crippen molar-refractivity contribution in [1.29, 1.82) is 0 Å². The Morgan fingerprint density at radius 2 is 2.20 bits per heavy atom. The second-order valence-corrected chi connectivity index (χ2v) is 6.85. The van der Waals surface area contributed by atoms with Gasteiger partial charge >= 0.3 is 5.97 Å². The number of carboxylic acid groups (broad SMARTS) is 1. The molecule has 0 aliphatic heterocycles. The highest BCUT2D eigenvalue weighted by Crippen LogP contribution is 2.25. The summed E-state index contributed by atoms with van der Waals surface area (Å²) >= 11 is 0. The van der Waals surface area contributed by atoms with Gasteiger partial charge in [0.05, 0.1) is 6.10 Å². The minimum atomic E-state index is -3.75. The van der Waals surface area contributed by atoms with Crippen LogP contribution in [0.15, 0.2) is 17.2 Å². The van der Waals surface area contributed by atoms with Gasteiger partial charge in [0, 0.05) is 19.8 Å². The quantitative estimate of drug-likeness (QED) is 0.718. The summed E-state index contributed by atoms with van der Waals surface area (Å²) in [5.41, 5.74) is -0.0914. The predicted octanol–water partition coefficient (Wildman–Crippen LogP) is 0.163. The van der Waals surface area contributed by atoms with Crippen LogP contribution in [0.4, 0.5) is 0 Å². The minimum absolute atomic E-state index is 0.0765. The molecule has 112 valence electrons. The number of aromatic carboxylic acids is 1. The van der Waals surface area contributed by atoms with Gasteiger partial charge in [-0.2, -0.15) is 0 Å². The summed E-state index contributed by atoms with van der Waals surface area (Å²) in [6, 6.07) is 1.12. The number of aliphatic hydroxyl groups is 1. The number of aliphatic hydroxyl groups excluding tert-OH is 1. The van der Waals surface area contributed by atoms with Crippen molar-refractivity contribution in [3.05, 3.63) is 18.0 Å². The van der Waals surface area contributed by atoms with Crippen molar-refractivity contribution < 1.29 is 23.4 Å². The Balaban J connectivity index is 2.10. The molecule has 0 radical (unpaired) electrons. The van der Waals surface area contributed by atoms with Crippen LogP contribution in [0.25, 0.3) is 0 Å². The molecule has 1 aliphatic rings. The standard InChI is InChI=1S/C12H18N2O5S/c1-14-7-9(5-10(14)12(16)17)20(18,19)13-6-8-3-2-4-11(8)15/h5,7-8,11,13,15H,2-4,6H2,1H3,(H,16,17). The first kappa shape index (κ1) is 15.0. The molecule has 1 saturated carbocycles. The fraction of sp³-hybridized carbons (Fsp3) is 0.583. The monoisotopic (exact) mass is 302 g/mol. The molecular weight excluding hydrogens is 284 g/mol. The highest BCUT2D eigenvalue weighted by molar-refractivity contribution is 7.89. The molecule has 1 fully saturated rings. The van der Waals surface area contributed by atoms with E-state index in [0.717, 1.165) is 18.9 Å². The van der Waals surface area contributed by atoms with Crippen molar-refractivity contribution in [2.75, 3.05) is 6.54 Å². The SMILES string of the molecule is Cn1cc(S(=O)(=O)NCC2CCCC2O)cc1C(=O)O. The van der Waals surface area contributed by atoms with Crippen molar-refractivity contribution in [3.8, 4) is 0 Å². The molecular formula is C12H18N2O5S. The van der Waals surface area contributed by atoms with Crippen LogP contribution < -0.4 is 4.72 Å². The van der Waals surface area contributed by atoms with E-state index in [4.69, 9.17) is 5.11 Å². The zero-order valence-corrected chi connectivity index (χ0v) is 11.9. The highest BCUT2D eigenvalue weighted by Gasteiger charge is 2.27. The van der Waals surface area contributed by atoms with Gasteiger partial charge in [-0.1, -0.05) is 6.42 Å². The lowest BCUT2D eigenvalue weighted by molar-refractivity contribution is 0.0686. The minimum Gasteiger partial charge on any atom is -0.477 e. The molecule has 20 heavy (non-hydrogen) atoms. The molecule has 2 unspecified atom stereocenters. The topological polar surface area (TPSA) is 109 Å². The number of carbonyl (C=O) groups is 1. The lowest BCUT2D eigenvalue weighted by Crippen LogP contribution is -2.32. The summed E-state index contributed by atoms with van der Waals surface area (Å²) < 4.78 is 27.9. The van der Waals surface area contributed by atoms with Crippen molar-refractivity contribution in [2.45, 2.75) is 30.3 Å². The first-order valence-corrected chi connectivity index (χ1v) is 7.87. The van der Waals surface area contributed by atoms with Crippen molar-refractivity contribution in [3.63, 3.8) is 0 Å². The van der Waals surface area contributed by atoms with Crippen LogP contribution in [0, 0.1) is 5.92 Å². The molecule has 1 aliphatic carbocycles. The molecule has 2 atom stereocenters. The third-order valence-corrected chi connectivity index (χ3v) is 5.05. The van der Waals surface area contributed by atoms with Gasteiger partial charge in [-0.25, -0.2) is 17.9 Å². The Hall–Kier alpha value is -1.38.